The lowest BCUT2D eigenvalue weighted by molar-refractivity contribution is -0.256. The largest absolute Gasteiger partial charge is 0.489 e. The van der Waals surface area contributed by atoms with E-state index in [-0.39, 0.29) is 95.3 Å². The molecule has 0 radical (unpaired) electrons. The van der Waals surface area contributed by atoms with Crippen molar-refractivity contribution in [2.75, 3.05) is 58.7 Å². The Kier molecular flexibility index (Phi) is 17.5. The number of halogens is 2. The van der Waals surface area contributed by atoms with E-state index in [1.54, 1.807) is 35.2 Å². The second kappa shape index (κ2) is 22.2. The first-order valence-electron chi connectivity index (χ1n) is 20.8. The lowest BCUT2D eigenvalue weighted by Crippen LogP contribution is -2.70. The fraction of sp³-hybridized carbons (Fsp3) is 0.600. The van der Waals surface area contributed by atoms with E-state index in [0.29, 0.717) is 35.6 Å². The van der Waals surface area contributed by atoms with Crippen LogP contribution in [0.2, 0.25) is 0 Å². The summed E-state index contributed by atoms with van der Waals surface area (Å²) >= 11 is 6.01. The first kappa shape index (κ1) is 46.3. The van der Waals surface area contributed by atoms with Gasteiger partial charge >= 0.3 is 6.09 Å². The average molecular weight is 845 g/mol. The van der Waals surface area contributed by atoms with Gasteiger partial charge in [-0.05, 0) is 88.1 Å². The van der Waals surface area contributed by atoms with Crippen LogP contribution in [-0.2, 0) is 25.7 Å². The number of benzene rings is 2. The SMILES string of the molecule is C=CCOC12Oc3ccc(OCc4ccccc4F)cc3C3C(CCCCO)C(CCCCO)C=C(C(=NOC(C)(C)C)CC1N(CCOCCO)C(=O)OCCCl)C32. The number of aliphatic hydroxyl groups is 3. The van der Waals surface area contributed by atoms with Crippen LogP contribution in [0.15, 0.2) is 71.9 Å². The number of carbonyl (C=O) groups excluding carboxylic acids is 1. The molecule has 1 saturated carbocycles. The third-order valence-corrected chi connectivity index (χ3v) is 11.2. The summed E-state index contributed by atoms with van der Waals surface area (Å²) in [5.74, 6) is -1.57. The highest BCUT2D eigenvalue weighted by Crippen LogP contribution is 2.62. The predicted octanol–water partition coefficient (Wildman–Crippen LogP) is 7.52. The van der Waals surface area contributed by atoms with Crippen LogP contribution in [0.5, 0.6) is 11.5 Å². The third kappa shape index (κ3) is 11.6. The number of rotatable bonds is 23. The van der Waals surface area contributed by atoms with E-state index in [4.69, 9.17) is 45.3 Å². The first-order valence-corrected chi connectivity index (χ1v) is 21.4. The number of oxime groups is 1. The predicted molar refractivity (Wildman–Crippen MR) is 223 cm³/mol. The Morgan fingerprint density at radius 1 is 1.05 bits per heavy atom. The summed E-state index contributed by atoms with van der Waals surface area (Å²) in [7, 11) is 0. The van der Waals surface area contributed by atoms with Gasteiger partial charge in [0.25, 0.3) is 0 Å². The molecule has 2 aliphatic carbocycles. The van der Waals surface area contributed by atoms with Crippen LogP contribution in [-0.4, -0.2) is 108 Å². The molecule has 1 amide bonds. The van der Waals surface area contributed by atoms with Gasteiger partial charge in [0.15, 0.2) is 0 Å². The quantitative estimate of drug-likeness (QED) is 0.0444. The maximum Gasteiger partial charge on any atom is 0.410 e. The maximum atomic E-state index is 14.7. The molecule has 14 heteroatoms. The third-order valence-electron chi connectivity index (χ3n) is 11.1. The van der Waals surface area contributed by atoms with E-state index in [1.165, 1.54) is 6.07 Å². The van der Waals surface area contributed by atoms with Gasteiger partial charge in [0.05, 0.1) is 43.9 Å². The Labute approximate surface area is 352 Å². The van der Waals surface area contributed by atoms with Crippen LogP contribution in [0.4, 0.5) is 9.18 Å². The fourth-order valence-corrected chi connectivity index (χ4v) is 8.70. The Hall–Kier alpha value is -3.72. The summed E-state index contributed by atoms with van der Waals surface area (Å²) in [6.07, 6.45) is 7.76. The molecule has 12 nitrogen and oxygen atoms in total. The van der Waals surface area contributed by atoms with E-state index in [1.807, 2.05) is 32.9 Å². The molecule has 2 aromatic rings. The van der Waals surface area contributed by atoms with Crippen molar-refractivity contribution in [1.29, 1.82) is 0 Å². The number of nitrogens with zero attached hydrogens (tertiary/aromatic N) is 2. The molecular formula is C45H62ClFN2O10. The van der Waals surface area contributed by atoms with Crippen LogP contribution in [0, 0.1) is 23.6 Å². The maximum absolute atomic E-state index is 14.7. The summed E-state index contributed by atoms with van der Waals surface area (Å²) < 4.78 is 46.6. The Morgan fingerprint density at radius 3 is 2.51 bits per heavy atom. The highest BCUT2D eigenvalue weighted by Gasteiger charge is 2.65. The summed E-state index contributed by atoms with van der Waals surface area (Å²) in [4.78, 5) is 21.9. The molecule has 0 bridgehead atoms. The van der Waals surface area contributed by atoms with Gasteiger partial charge in [-0.1, -0.05) is 48.3 Å². The number of unbranched alkanes of at least 4 members (excludes halogenated alkanes) is 2. The van der Waals surface area contributed by atoms with Crippen molar-refractivity contribution >= 4 is 23.4 Å². The summed E-state index contributed by atoms with van der Waals surface area (Å²) in [5.41, 5.74) is 2.15. The van der Waals surface area contributed by atoms with Gasteiger partial charge in [0.1, 0.15) is 42.2 Å². The second-order valence-corrected chi connectivity index (χ2v) is 16.6. The Bertz CT molecular complexity index is 1740. The topological polar surface area (TPSA) is 149 Å². The normalized spacial score (nSPS) is 24.0. The zero-order valence-corrected chi connectivity index (χ0v) is 35.4. The molecule has 5 rings (SSSR count). The minimum Gasteiger partial charge on any atom is -0.489 e. The van der Waals surface area contributed by atoms with Crippen molar-refractivity contribution in [3.05, 3.63) is 83.7 Å². The summed E-state index contributed by atoms with van der Waals surface area (Å²) in [5, 5.41) is 34.1. The highest BCUT2D eigenvalue weighted by molar-refractivity contribution is 6.18. The van der Waals surface area contributed by atoms with Crippen LogP contribution in [0.3, 0.4) is 0 Å². The number of hydrogen-bond acceptors (Lipinski definition) is 11. The zero-order valence-electron chi connectivity index (χ0n) is 34.7. The zero-order chi connectivity index (χ0) is 42.4. The number of alkyl halides is 1. The van der Waals surface area contributed by atoms with Crippen molar-refractivity contribution < 1.29 is 53.0 Å². The summed E-state index contributed by atoms with van der Waals surface area (Å²) in [6.45, 7) is 9.96. The Morgan fingerprint density at radius 2 is 1.81 bits per heavy atom. The molecule has 59 heavy (non-hydrogen) atoms. The highest BCUT2D eigenvalue weighted by atomic mass is 35.5. The van der Waals surface area contributed by atoms with Crippen molar-refractivity contribution in [2.24, 2.45) is 22.9 Å². The number of fused-ring (bicyclic) bond motifs is 2. The fourth-order valence-electron chi connectivity index (χ4n) is 8.62. The van der Waals surface area contributed by atoms with Crippen LogP contribution < -0.4 is 9.47 Å². The van der Waals surface area contributed by atoms with Gasteiger partial charge in [0.2, 0.25) is 5.79 Å². The van der Waals surface area contributed by atoms with Gasteiger partial charge in [-0.2, -0.15) is 0 Å². The molecule has 0 saturated heterocycles. The van der Waals surface area contributed by atoms with Crippen LogP contribution in [0.1, 0.15) is 82.8 Å². The van der Waals surface area contributed by atoms with E-state index in [9.17, 15) is 24.5 Å². The lowest BCUT2D eigenvalue weighted by atomic mass is 9.55. The standard InChI is InChI=1S/C45H62ClFN2O10/c1-5-23-57-45-40(49(19-25-54-26-22-52)43(53)55-24-18-46)29-38(48-59-44(2,3)4)35-27-31(12-8-10-20-50)34(14-9-11-21-51)41(42(35)45)36-28-33(16-17-39(36)58-45)56-30-32-13-6-7-15-37(32)47/h5-7,13,15-17,27-28,31,34,40-42,50-52H,1,8-12,14,18-26,29-30H2,2-4H3. The second-order valence-electron chi connectivity index (χ2n) is 16.2. The van der Waals surface area contributed by atoms with Crippen molar-refractivity contribution in [2.45, 2.75) is 95.7 Å². The number of hydrogen-bond donors (Lipinski definition) is 3. The van der Waals surface area contributed by atoms with Crippen molar-refractivity contribution in [3.8, 4) is 11.5 Å². The lowest BCUT2D eigenvalue weighted by Gasteiger charge is -2.60. The molecule has 6 unspecified atom stereocenters. The van der Waals surface area contributed by atoms with Crippen molar-refractivity contribution in [1.82, 2.24) is 4.90 Å². The van der Waals surface area contributed by atoms with Gasteiger partial charge in [-0.15, -0.1) is 18.2 Å². The average Bonchev–Trinajstić information content (AvgIpc) is 3.22. The van der Waals surface area contributed by atoms with Gasteiger partial charge in [-0.25, -0.2) is 9.18 Å². The molecular weight excluding hydrogens is 783 g/mol. The molecule has 6 atom stereocenters. The molecule has 1 aliphatic heterocycles. The molecule has 0 spiro atoms. The monoisotopic (exact) mass is 844 g/mol. The van der Waals surface area contributed by atoms with Crippen LogP contribution >= 0.6 is 11.6 Å². The van der Waals surface area contributed by atoms with E-state index in [2.05, 4.69) is 12.7 Å². The molecule has 3 aliphatic rings. The molecule has 0 aromatic heterocycles. The van der Waals surface area contributed by atoms with Crippen molar-refractivity contribution in [3.63, 3.8) is 0 Å². The number of allylic oxidation sites excluding steroid dienone is 1. The van der Waals surface area contributed by atoms with Gasteiger partial charge < -0.3 is 43.8 Å². The number of amides is 1. The van der Waals surface area contributed by atoms with E-state index in [0.717, 1.165) is 36.8 Å². The molecule has 1 fully saturated rings. The van der Waals surface area contributed by atoms with E-state index < -0.39 is 29.4 Å². The first-order chi connectivity index (χ1) is 28.5. The molecule has 1 heterocycles. The van der Waals surface area contributed by atoms with Crippen LogP contribution in [0.25, 0.3) is 0 Å². The Balaban J connectivity index is 1.76. The number of carbonyl (C=O) groups is 1. The minimum atomic E-state index is -1.52. The summed E-state index contributed by atoms with van der Waals surface area (Å²) in [6, 6.07) is 11.3. The minimum absolute atomic E-state index is 0.0155. The molecule has 2 aromatic carbocycles. The van der Waals surface area contributed by atoms with E-state index >= 15 is 0 Å². The molecule has 3 N–H and O–H groups in total. The number of aliphatic hydroxyl groups excluding tert-OH is 3. The van der Waals surface area contributed by atoms with Gasteiger partial charge in [0, 0.05) is 43.2 Å². The smallest absolute Gasteiger partial charge is 0.410 e. The number of ether oxygens (including phenoxy) is 5. The van der Waals surface area contributed by atoms with Gasteiger partial charge in [-0.3, -0.25) is 4.90 Å². The molecule has 326 valence electrons.